The summed E-state index contributed by atoms with van der Waals surface area (Å²) < 4.78 is 1.95. The van der Waals surface area contributed by atoms with Crippen LogP contribution >= 0.6 is 0 Å². The molecule has 0 radical (unpaired) electrons. The molecule has 0 bridgehead atoms. The van der Waals surface area contributed by atoms with Crippen LogP contribution in [0, 0.1) is 5.92 Å². The van der Waals surface area contributed by atoms with Gasteiger partial charge in [-0.2, -0.15) is 5.10 Å². The van der Waals surface area contributed by atoms with Gasteiger partial charge in [-0.05, 0) is 25.2 Å². The molecule has 17 heavy (non-hydrogen) atoms. The van der Waals surface area contributed by atoms with Crippen LogP contribution in [0.1, 0.15) is 38.9 Å². The SMILES string of the molecule is CC(C)Cn1ncnc1CNC1(CO)CCC1. The summed E-state index contributed by atoms with van der Waals surface area (Å²) in [7, 11) is 0. The van der Waals surface area contributed by atoms with Gasteiger partial charge in [0.15, 0.2) is 0 Å². The predicted molar refractivity (Wildman–Crippen MR) is 65.4 cm³/mol. The molecule has 96 valence electrons. The molecule has 1 aliphatic rings. The maximum atomic E-state index is 9.37. The summed E-state index contributed by atoms with van der Waals surface area (Å²) in [5.41, 5.74) is -0.0609. The van der Waals surface area contributed by atoms with Crippen LogP contribution in [0.3, 0.4) is 0 Å². The standard InChI is InChI=1S/C12H22N4O/c1-10(2)7-16-11(13-9-15-16)6-14-12(8-17)4-3-5-12/h9-10,14,17H,3-8H2,1-2H3. The largest absolute Gasteiger partial charge is 0.394 e. The first-order valence-electron chi connectivity index (χ1n) is 6.38. The van der Waals surface area contributed by atoms with Gasteiger partial charge in [-0.25, -0.2) is 9.67 Å². The Balaban J connectivity index is 1.92. The van der Waals surface area contributed by atoms with E-state index in [9.17, 15) is 5.11 Å². The first-order chi connectivity index (χ1) is 8.15. The van der Waals surface area contributed by atoms with Gasteiger partial charge in [0.25, 0.3) is 0 Å². The lowest BCUT2D eigenvalue weighted by atomic mass is 9.77. The first kappa shape index (κ1) is 12.5. The third kappa shape index (κ3) is 2.84. The highest BCUT2D eigenvalue weighted by atomic mass is 16.3. The second-order valence-corrected chi connectivity index (χ2v) is 5.40. The van der Waals surface area contributed by atoms with Gasteiger partial charge in [0.2, 0.25) is 0 Å². The second-order valence-electron chi connectivity index (χ2n) is 5.40. The molecule has 1 heterocycles. The third-order valence-corrected chi connectivity index (χ3v) is 3.47. The zero-order valence-electron chi connectivity index (χ0n) is 10.7. The van der Waals surface area contributed by atoms with Gasteiger partial charge >= 0.3 is 0 Å². The van der Waals surface area contributed by atoms with E-state index in [1.54, 1.807) is 6.33 Å². The van der Waals surface area contributed by atoms with Crippen LogP contribution in [0.15, 0.2) is 6.33 Å². The zero-order chi connectivity index (χ0) is 12.3. The molecular formula is C12H22N4O. The third-order valence-electron chi connectivity index (χ3n) is 3.47. The Morgan fingerprint density at radius 2 is 2.29 bits per heavy atom. The van der Waals surface area contributed by atoms with E-state index in [0.29, 0.717) is 12.5 Å². The van der Waals surface area contributed by atoms with E-state index in [4.69, 9.17) is 0 Å². The van der Waals surface area contributed by atoms with Gasteiger partial charge in [-0.15, -0.1) is 0 Å². The molecule has 0 saturated heterocycles. The van der Waals surface area contributed by atoms with Crippen molar-refractivity contribution in [3.8, 4) is 0 Å². The number of hydrogen-bond acceptors (Lipinski definition) is 4. The average molecular weight is 238 g/mol. The fourth-order valence-electron chi connectivity index (χ4n) is 2.18. The molecule has 2 N–H and O–H groups in total. The highest BCUT2D eigenvalue weighted by molar-refractivity contribution is 4.97. The van der Waals surface area contributed by atoms with Crippen LogP contribution in [-0.4, -0.2) is 32.0 Å². The van der Waals surface area contributed by atoms with Crippen molar-refractivity contribution in [2.45, 2.75) is 51.7 Å². The fraction of sp³-hybridized carbons (Fsp3) is 0.833. The van der Waals surface area contributed by atoms with E-state index in [1.807, 2.05) is 4.68 Å². The molecule has 2 rings (SSSR count). The van der Waals surface area contributed by atoms with E-state index in [0.717, 1.165) is 25.2 Å². The zero-order valence-corrected chi connectivity index (χ0v) is 10.7. The molecule has 1 fully saturated rings. The van der Waals surface area contributed by atoms with E-state index < -0.39 is 0 Å². The molecule has 1 aromatic rings. The molecule has 0 aromatic carbocycles. The molecule has 0 unspecified atom stereocenters. The fourth-order valence-corrected chi connectivity index (χ4v) is 2.18. The number of rotatable bonds is 6. The molecule has 0 spiro atoms. The van der Waals surface area contributed by atoms with Crippen LogP contribution in [0.4, 0.5) is 0 Å². The van der Waals surface area contributed by atoms with Crippen LogP contribution < -0.4 is 5.32 Å². The minimum Gasteiger partial charge on any atom is -0.394 e. The minimum absolute atomic E-state index is 0.0609. The van der Waals surface area contributed by atoms with Gasteiger partial charge in [-0.3, -0.25) is 0 Å². The first-order valence-corrected chi connectivity index (χ1v) is 6.38. The Bertz CT molecular complexity index is 352. The summed E-state index contributed by atoms with van der Waals surface area (Å²) in [6.45, 7) is 6.13. The normalized spacial score (nSPS) is 18.4. The van der Waals surface area contributed by atoms with Crippen molar-refractivity contribution in [1.29, 1.82) is 0 Å². The number of nitrogens with zero attached hydrogens (tertiary/aromatic N) is 3. The molecule has 0 atom stereocenters. The predicted octanol–water partition coefficient (Wildman–Crippen LogP) is 0.939. The molecule has 0 aliphatic heterocycles. The number of nitrogens with one attached hydrogen (secondary N) is 1. The van der Waals surface area contributed by atoms with E-state index in [-0.39, 0.29) is 12.1 Å². The summed E-state index contributed by atoms with van der Waals surface area (Å²) in [6, 6.07) is 0. The lowest BCUT2D eigenvalue weighted by molar-refractivity contribution is 0.0860. The van der Waals surface area contributed by atoms with Crippen LogP contribution in [0.25, 0.3) is 0 Å². The Morgan fingerprint density at radius 1 is 1.53 bits per heavy atom. The quantitative estimate of drug-likeness (QED) is 0.774. The molecule has 1 aliphatic carbocycles. The minimum atomic E-state index is -0.0609. The molecule has 5 heteroatoms. The summed E-state index contributed by atoms with van der Waals surface area (Å²) in [5, 5.41) is 17.0. The maximum absolute atomic E-state index is 9.37. The van der Waals surface area contributed by atoms with Crippen LogP contribution in [0.2, 0.25) is 0 Å². The van der Waals surface area contributed by atoms with Crippen molar-refractivity contribution in [2.75, 3.05) is 6.61 Å². The topological polar surface area (TPSA) is 63.0 Å². The smallest absolute Gasteiger partial charge is 0.140 e. The summed E-state index contributed by atoms with van der Waals surface area (Å²) in [6.07, 6.45) is 4.92. The Labute approximate surface area is 102 Å². The van der Waals surface area contributed by atoms with Crippen molar-refractivity contribution in [1.82, 2.24) is 20.1 Å². The monoisotopic (exact) mass is 238 g/mol. The van der Waals surface area contributed by atoms with Crippen LogP contribution in [0.5, 0.6) is 0 Å². The Hall–Kier alpha value is -0.940. The number of aromatic nitrogens is 3. The maximum Gasteiger partial charge on any atom is 0.140 e. The van der Waals surface area contributed by atoms with E-state index in [2.05, 4.69) is 29.2 Å². The van der Waals surface area contributed by atoms with Gasteiger partial charge in [-0.1, -0.05) is 13.8 Å². The van der Waals surface area contributed by atoms with Gasteiger partial charge in [0, 0.05) is 12.1 Å². The highest BCUT2D eigenvalue weighted by Crippen LogP contribution is 2.31. The van der Waals surface area contributed by atoms with Crippen molar-refractivity contribution < 1.29 is 5.11 Å². The second kappa shape index (κ2) is 5.14. The molecule has 5 nitrogen and oxygen atoms in total. The molecule has 0 amide bonds. The summed E-state index contributed by atoms with van der Waals surface area (Å²) in [5.74, 6) is 1.52. The average Bonchev–Trinajstić information content (AvgIpc) is 2.64. The van der Waals surface area contributed by atoms with Crippen molar-refractivity contribution in [2.24, 2.45) is 5.92 Å². The lowest BCUT2D eigenvalue weighted by Gasteiger charge is -2.41. The van der Waals surface area contributed by atoms with Crippen molar-refractivity contribution in [3.63, 3.8) is 0 Å². The van der Waals surface area contributed by atoms with E-state index in [1.165, 1.54) is 6.42 Å². The summed E-state index contributed by atoms with van der Waals surface area (Å²) in [4.78, 5) is 4.27. The molecular weight excluding hydrogens is 216 g/mol. The Kier molecular flexibility index (Phi) is 3.79. The Morgan fingerprint density at radius 3 is 2.82 bits per heavy atom. The number of aliphatic hydroxyl groups is 1. The van der Waals surface area contributed by atoms with Gasteiger partial charge in [0.05, 0.1) is 13.2 Å². The van der Waals surface area contributed by atoms with Crippen molar-refractivity contribution in [3.05, 3.63) is 12.2 Å². The summed E-state index contributed by atoms with van der Waals surface area (Å²) >= 11 is 0. The van der Waals surface area contributed by atoms with Gasteiger partial charge in [0.1, 0.15) is 12.2 Å². The van der Waals surface area contributed by atoms with Crippen LogP contribution in [-0.2, 0) is 13.1 Å². The number of hydrogen-bond donors (Lipinski definition) is 2. The van der Waals surface area contributed by atoms with Gasteiger partial charge < -0.3 is 10.4 Å². The molecule has 1 aromatic heterocycles. The number of aliphatic hydroxyl groups excluding tert-OH is 1. The van der Waals surface area contributed by atoms with Crippen molar-refractivity contribution >= 4 is 0 Å². The van der Waals surface area contributed by atoms with E-state index >= 15 is 0 Å². The lowest BCUT2D eigenvalue weighted by Crippen LogP contribution is -2.53. The molecule has 1 saturated carbocycles. The highest BCUT2D eigenvalue weighted by Gasteiger charge is 2.35.